The first-order chi connectivity index (χ1) is 6.68. The first-order valence-corrected chi connectivity index (χ1v) is 5.33. The van der Waals surface area contributed by atoms with E-state index in [1.54, 1.807) is 0 Å². The predicted molar refractivity (Wildman–Crippen MR) is 64.4 cm³/mol. The Labute approximate surface area is 103 Å². The lowest BCUT2D eigenvalue weighted by molar-refractivity contribution is 0.144. The van der Waals surface area contributed by atoms with Gasteiger partial charge in [-0.15, -0.1) is 12.4 Å². The van der Waals surface area contributed by atoms with E-state index >= 15 is 0 Å². The van der Waals surface area contributed by atoms with Gasteiger partial charge in [-0.3, -0.25) is 0 Å². The third-order valence-electron chi connectivity index (χ3n) is 2.40. The number of fused-ring (bicyclic) bond motifs is 1. The zero-order valence-corrected chi connectivity index (χ0v) is 10.4. The fourth-order valence-electron chi connectivity index (χ4n) is 1.58. The lowest BCUT2D eigenvalue weighted by atomic mass is 10.0. The fraction of sp³-hybridized carbons (Fsp3) is 0.400. The van der Waals surface area contributed by atoms with Gasteiger partial charge in [-0.2, -0.15) is 0 Å². The lowest BCUT2D eigenvalue weighted by Gasteiger charge is -2.15. The van der Waals surface area contributed by atoms with Crippen molar-refractivity contribution in [2.75, 3.05) is 6.61 Å². The van der Waals surface area contributed by atoms with Crippen molar-refractivity contribution >= 4 is 28.3 Å². The Morgan fingerprint density at radius 3 is 2.93 bits per heavy atom. The molecule has 0 radical (unpaired) electrons. The van der Waals surface area contributed by atoms with Gasteiger partial charge < -0.3 is 15.6 Å². The summed E-state index contributed by atoms with van der Waals surface area (Å²) in [7, 11) is 0. The second kappa shape index (κ2) is 5.16. The molecule has 0 amide bonds. The summed E-state index contributed by atoms with van der Waals surface area (Å²) in [5.74, 6) is 0.730. The molecule has 0 saturated heterocycles. The average Bonchev–Trinajstić information content (AvgIpc) is 2.30. The van der Waals surface area contributed by atoms with Gasteiger partial charge in [0.2, 0.25) is 0 Å². The average molecular weight is 295 g/mol. The van der Waals surface area contributed by atoms with Gasteiger partial charge >= 0.3 is 0 Å². The highest BCUT2D eigenvalue weighted by molar-refractivity contribution is 9.10. The summed E-state index contributed by atoms with van der Waals surface area (Å²) in [6.45, 7) is 0.562. The lowest BCUT2D eigenvalue weighted by Crippen LogP contribution is -2.28. The van der Waals surface area contributed by atoms with E-state index in [4.69, 9.17) is 10.5 Å². The molecule has 2 atom stereocenters. The SMILES string of the molecule is Cl.NC1CCOc2ccc(Br)cc2C1O. The molecular formula is C10H13BrClNO2. The Balaban J connectivity index is 0.00000112. The third kappa shape index (κ3) is 2.64. The van der Waals surface area contributed by atoms with Crippen molar-refractivity contribution in [2.24, 2.45) is 5.73 Å². The highest BCUT2D eigenvalue weighted by atomic mass is 79.9. The van der Waals surface area contributed by atoms with E-state index in [1.165, 1.54) is 0 Å². The molecule has 2 rings (SSSR count). The summed E-state index contributed by atoms with van der Waals surface area (Å²) in [5, 5.41) is 9.91. The Kier molecular flexibility index (Phi) is 4.40. The molecule has 0 aromatic heterocycles. The van der Waals surface area contributed by atoms with Crippen molar-refractivity contribution < 1.29 is 9.84 Å². The minimum absolute atomic E-state index is 0. The Bertz CT molecular complexity index is 348. The van der Waals surface area contributed by atoms with E-state index in [0.29, 0.717) is 13.0 Å². The van der Waals surface area contributed by atoms with Crippen molar-refractivity contribution in [3.63, 3.8) is 0 Å². The molecule has 1 aromatic carbocycles. The molecule has 1 aromatic rings. The Morgan fingerprint density at radius 2 is 2.20 bits per heavy atom. The quantitative estimate of drug-likeness (QED) is 0.769. The monoisotopic (exact) mass is 293 g/mol. The maximum atomic E-state index is 9.91. The maximum absolute atomic E-state index is 9.91. The zero-order valence-electron chi connectivity index (χ0n) is 8.02. The molecule has 0 spiro atoms. The predicted octanol–water partition coefficient (Wildman–Crippen LogP) is 2.01. The maximum Gasteiger partial charge on any atom is 0.125 e. The van der Waals surface area contributed by atoms with E-state index < -0.39 is 6.10 Å². The summed E-state index contributed by atoms with van der Waals surface area (Å²) in [6, 6.07) is 5.35. The summed E-state index contributed by atoms with van der Waals surface area (Å²) in [6.07, 6.45) is 0.0398. The first-order valence-electron chi connectivity index (χ1n) is 4.54. The first kappa shape index (κ1) is 12.8. The van der Waals surface area contributed by atoms with Gasteiger partial charge in [-0.1, -0.05) is 15.9 Å². The van der Waals surface area contributed by atoms with Gasteiger partial charge in [-0.05, 0) is 24.6 Å². The van der Waals surface area contributed by atoms with E-state index in [9.17, 15) is 5.11 Å². The third-order valence-corrected chi connectivity index (χ3v) is 2.90. The molecule has 1 aliphatic heterocycles. The van der Waals surface area contributed by atoms with Crippen LogP contribution < -0.4 is 10.5 Å². The number of aliphatic hydroxyl groups excluding tert-OH is 1. The van der Waals surface area contributed by atoms with Crippen molar-refractivity contribution in [1.82, 2.24) is 0 Å². The van der Waals surface area contributed by atoms with Crippen molar-refractivity contribution in [3.05, 3.63) is 28.2 Å². The molecule has 3 N–H and O–H groups in total. The van der Waals surface area contributed by atoms with Crippen LogP contribution in [0.1, 0.15) is 18.1 Å². The summed E-state index contributed by atoms with van der Waals surface area (Å²) in [4.78, 5) is 0. The molecule has 0 bridgehead atoms. The van der Waals surface area contributed by atoms with Crippen LogP contribution in [0.15, 0.2) is 22.7 Å². The van der Waals surface area contributed by atoms with Crippen LogP contribution in [0, 0.1) is 0 Å². The number of benzene rings is 1. The molecule has 1 aliphatic rings. The van der Waals surface area contributed by atoms with Gasteiger partial charge in [-0.25, -0.2) is 0 Å². The highest BCUT2D eigenvalue weighted by Crippen LogP contribution is 2.32. The van der Waals surface area contributed by atoms with Crippen LogP contribution in [0.3, 0.4) is 0 Å². The molecule has 0 aliphatic carbocycles. The van der Waals surface area contributed by atoms with Crippen molar-refractivity contribution in [1.29, 1.82) is 0 Å². The van der Waals surface area contributed by atoms with Crippen LogP contribution in [-0.4, -0.2) is 17.8 Å². The van der Waals surface area contributed by atoms with E-state index in [1.807, 2.05) is 18.2 Å². The highest BCUT2D eigenvalue weighted by Gasteiger charge is 2.24. The summed E-state index contributed by atoms with van der Waals surface area (Å²) >= 11 is 3.36. The standard InChI is InChI=1S/C10H12BrNO2.ClH/c11-6-1-2-9-7(5-6)10(13)8(12)3-4-14-9;/h1-2,5,8,10,13H,3-4,12H2;1H. The normalized spacial score (nSPS) is 24.5. The molecule has 0 fully saturated rings. The molecule has 84 valence electrons. The van der Waals surface area contributed by atoms with Crippen molar-refractivity contribution in [3.8, 4) is 5.75 Å². The zero-order chi connectivity index (χ0) is 10.1. The molecule has 15 heavy (non-hydrogen) atoms. The van der Waals surface area contributed by atoms with Gasteiger partial charge in [0.1, 0.15) is 5.75 Å². The van der Waals surface area contributed by atoms with Gasteiger partial charge in [0.15, 0.2) is 0 Å². The van der Waals surface area contributed by atoms with Crippen LogP contribution in [-0.2, 0) is 0 Å². The van der Waals surface area contributed by atoms with Crippen LogP contribution >= 0.6 is 28.3 Å². The number of aliphatic hydroxyl groups is 1. The molecule has 2 unspecified atom stereocenters. The number of rotatable bonds is 0. The van der Waals surface area contributed by atoms with Gasteiger partial charge in [0.25, 0.3) is 0 Å². The number of hydrogen-bond acceptors (Lipinski definition) is 3. The summed E-state index contributed by atoms with van der Waals surface area (Å²) in [5.41, 5.74) is 6.57. The smallest absolute Gasteiger partial charge is 0.125 e. The second-order valence-electron chi connectivity index (χ2n) is 3.43. The second-order valence-corrected chi connectivity index (χ2v) is 4.34. The van der Waals surface area contributed by atoms with E-state index in [2.05, 4.69) is 15.9 Å². The van der Waals surface area contributed by atoms with Crippen molar-refractivity contribution in [2.45, 2.75) is 18.6 Å². The van der Waals surface area contributed by atoms with Crippen LogP contribution in [0.25, 0.3) is 0 Å². The minimum atomic E-state index is -0.634. The number of halogens is 2. The van der Waals surface area contributed by atoms with Gasteiger partial charge in [0.05, 0.1) is 12.7 Å². The molecule has 5 heteroatoms. The topological polar surface area (TPSA) is 55.5 Å². The van der Waals surface area contributed by atoms with Crippen LogP contribution in [0.5, 0.6) is 5.75 Å². The van der Waals surface area contributed by atoms with Crippen LogP contribution in [0.4, 0.5) is 0 Å². The van der Waals surface area contributed by atoms with E-state index in [-0.39, 0.29) is 18.4 Å². The molecular weight excluding hydrogens is 281 g/mol. The van der Waals surface area contributed by atoms with Crippen LogP contribution in [0.2, 0.25) is 0 Å². The number of nitrogens with two attached hydrogens (primary N) is 1. The fourth-order valence-corrected chi connectivity index (χ4v) is 1.95. The minimum Gasteiger partial charge on any atom is -0.493 e. The largest absolute Gasteiger partial charge is 0.493 e. The molecule has 3 nitrogen and oxygen atoms in total. The molecule has 1 heterocycles. The number of ether oxygens (including phenoxy) is 1. The van der Waals surface area contributed by atoms with Gasteiger partial charge in [0, 0.05) is 16.1 Å². The summed E-state index contributed by atoms with van der Waals surface area (Å²) < 4.78 is 6.41. The Morgan fingerprint density at radius 1 is 1.47 bits per heavy atom. The Hall–Kier alpha value is -0.290. The molecule has 0 saturated carbocycles. The number of hydrogen-bond donors (Lipinski definition) is 2. The van der Waals surface area contributed by atoms with E-state index in [0.717, 1.165) is 15.8 Å².